The molecule has 0 heterocycles. The van der Waals surface area contributed by atoms with Gasteiger partial charge in [0.1, 0.15) is 0 Å². The SMILES string of the molecule is CCC[CH2][Sn+]([CH2]CCC)[CH2]CCC.C[N-]C. The molecule has 0 aliphatic rings. The smallest absolute Gasteiger partial charge is 0.162 e. The predicted octanol–water partition coefficient (Wildman–Crippen LogP) is 5.50. The van der Waals surface area contributed by atoms with E-state index in [2.05, 4.69) is 26.1 Å². The van der Waals surface area contributed by atoms with Crippen LogP contribution < -0.4 is 0 Å². The third-order valence-electron chi connectivity index (χ3n) is 2.65. The van der Waals surface area contributed by atoms with Gasteiger partial charge in [-0.25, -0.2) is 0 Å². The van der Waals surface area contributed by atoms with Gasteiger partial charge in [0.15, 0.2) is 0 Å². The monoisotopic (exact) mass is 335 g/mol. The van der Waals surface area contributed by atoms with Gasteiger partial charge >= 0.3 is 92.4 Å². The maximum absolute atomic E-state index is 3.50. The summed E-state index contributed by atoms with van der Waals surface area (Å²) in [5, 5.41) is 3.50. The molecule has 0 saturated carbocycles. The van der Waals surface area contributed by atoms with Crippen molar-refractivity contribution < 1.29 is 0 Å². The van der Waals surface area contributed by atoms with Gasteiger partial charge < -0.3 is 5.32 Å². The fourth-order valence-corrected chi connectivity index (χ4v) is 11.1. The molecule has 0 spiro atoms. The first-order valence-electron chi connectivity index (χ1n) is 7.08. The molecule has 0 amide bonds. The van der Waals surface area contributed by atoms with Gasteiger partial charge in [-0.05, 0) is 0 Å². The zero-order valence-corrected chi connectivity index (χ0v) is 15.2. The Morgan fingerprint density at radius 3 is 1.12 bits per heavy atom. The summed E-state index contributed by atoms with van der Waals surface area (Å²) in [7, 11) is 3.50. The molecule has 0 aromatic carbocycles. The van der Waals surface area contributed by atoms with Crippen LogP contribution in [0.25, 0.3) is 5.32 Å². The van der Waals surface area contributed by atoms with E-state index in [1.807, 2.05) is 0 Å². The van der Waals surface area contributed by atoms with Crippen LogP contribution in [0, 0.1) is 0 Å². The molecule has 2 heteroatoms. The fourth-order valence-electron chi connectivity index (χ4n) is 1.66. The van der Waals surface area contributed by atoms with Gasteiger partial charge in [-0.3, -0.25) is 0 Å². The van der Waals surface area contributed by atoms with Crippen LogP contribution in [0.15, 0.2) is 0 Å². The topological polar surface area (TPSA) is 14.1 Å². The van der Waals surface area contributed by atoms with Crippen LogP contribution in [-0.4, -0.2) is 33.9 Å². The number of hydrogen-bond donors (Lipinski definition) is 0. The minimum Gasteiger partial charge on any atom is -0.668 e. The van der Waals surface area contributed by atoms with Crippen molar-refractivity contribution in [3.8, 4) is 0 Å². The van der Waals surface area contributed by atoms with Crippen LogP contribution in [0.2, 0.25) is 13.3 Å². The molecule has 0 unspecified atom stereocenters. The van der Waals surface area contributed by atoms with Crippen LogP contribution in [-0.2, 0) is 0 Å². The number of nitrogens with zero attached hydrogens (tertiary/aromatic N) is 1. The van der Waals surface area contributed by atoms with Gasteiger partial charge in [0.25, 0.3) is 0 Å². The quantitative estimate of drug-likeness (QED) is 0.494. The van der Waals surface area contributed by atoms with Crippen LogP contribution in [0.3, 0.4) is 0 Å². The van der Waals surface area contributed by atoms with Crippen molar-refractivity contribution in [2.75, 3.05) is 14.1 Å². The van der Waals surface area contributed by atoms with Crippen LogP contribution >= 0.6 is 0 Å². The summed E-state index contributed by atoms with van der Waals surface area (Å²) in [4.78, 5) is 0. The van der Waals surface area contributed by atoms with Gasteiger partial charge in [-0.2, -0.15) is 14.1 Å². The summed E-state index contributed by atoms with van der Waals surface area (Å²) >= 11 is -0.839. The molecule has 98 valence electrons. The molecule has 0 saturated heterocycles. The van der Waals surface area contributed by atoms with Gasteiger partial charge in [-0.1, -0.05) is 0 Å². The zero-order chi connectivity index (χ0) is 12.6. The van der Waals surface area contributed by atoms with E-state index in [9.17, 15) is 0 Å². The first-order chi connectivity index (χ1) is 7.76. The number of unbranched alkanes of at least 4 members (excludes halogenated alkanes) is 3. The van der Waals surface area contributed by atoms with Crippen molar-refractivity contribution in [2.45, 2.75) is 72.6 Å². The summed E-state index contributed by atoms with van der Waals surface area (Å²) in [6, 6.07) is 0. The Hall–Kier alpha value is 0.759. The Kier molecular flexibility index (Phi) is 21.7. The maximum Gasteiger partial charge on any atom is -0.162 e. The largest absolute Gasteiger partial charge is 0.668 e. The van der Waals surface area contributed by atoms with Crippen LogP contribution in [0.5, 0.6) is 0 Å². The van der Waals surface area contributed by atoms with Crippen molar-refractivity contribution in [1.82, 2.24) is 0 Å². The first-order valence-corrected chi connectivity index (χ1v) is 13.1. The van der Waals surface area contributed by atoms with Crippen molar-refractivity contribution in [3.63, 3.8) is 0 Å². The Labute approximate surface area is 112 Å². The normalized spacial score (nSPS) is 9.56. The van der Waals surface area contributed by atoms with E-state index >= 15 is 0 Å². The van der Waals surface area contributed by atoms with E-state index < -0.39 is 19.8 Å². The second kappa shape index (κ2) is 18.1. The second-order valence-electron chi connectivity index (χ2n) is 4.51. The second-order valence-corrected chi connectivity index (χ2v) is 13.1. The van der Waals surface area contributed by atoms with Gasteiger partial charge in [0.05, 0.1) is 0 Å². The van der Waals surface area contributed by atoms with Crippen LogP contribution in [0.1, 0.15) is 59.3 Å². The molecular formula is C14H33NSn. The van der Waals surface area contributed by atoms with E-state index in [0.717, 1.165) is 0 Å². The molecule has 0 atom stereocenters. The minimum absolute atomic E-state index is 0.839. The predicted molar refractivity (Wildman–Crippen MR) is 80.1 cm³/mol. The average molecular weight is 334 g/mol. The molecular weight excluding hydrogens is 301 g/mol. The molecule has 16 heavy (non-hydrogen) atoms. The van der Waals surface area contributed by atoms with Crippen molar-refractivity contribution >= 4 is 19.8 Å². The average Bonchev–Trinajstić information content (AvgIpc) is 2.29. The summed E-state index contributed by atoms with van der Waals surface area (Å²) < 4.78 is 5.04. The summed E-state index contributed by atoms with van der Waals surface area (Å²) in [5.41, 5.74) is 0. The number of hydrogen-bond acceptors (Lipinski definition) is 0. The minimum atomic E-state index is -0.839. The fraction of sp³-hybridized carbons (Fsp3) is 1.00. The molecule has 0 rings (SSSR count). The van der Waals surface area contributed by atoms with Crippen molar-refractivity contribution in [1.29, 1.82) is 0 Å². The third-order valence-corrected chi connectivity index (χ3v) is 11.7. The molecule has 1 nitrogen and oxygen atoms in total. The van der Waals surface area contributed by atoms with E-state index in [4.69, 9.17) is 0 Å². The standard InChI is InChI=1S/3C4H9.C2H6N.Sn/c3*1-3-4-2;1-3-2;/h3*1,3-4H2,2H3;1-2H3;/q;;;-1;+1. The Morgan fingerprint density at radius 1 is 0.688 bits per heavy atom. The maximum atomic E-state index is 3.50. The van der Waals surface area contributed by atoms with E-state index in [0.29, 0.717) is 0 Å². The molecule has 0 aromatic rings. The summed E-state index contributed by atoms with van der Waals surface area (Å²) in [6.45, 7) is 7.00. The van der Waals surface area contributed by atoms with E-state index in [-0.39, 0.29) is 0 Å². The third kappa shape index (κ3) is 17.2. The van der Waals surface area contributed by atoms with Crippen molar-refractivity contribution in [2.24, 2.45) is 0 Å². The summed E-state index contributed by atoms with van der Waals surface area (Å²) in [5.74, 6) is 0. The Morgan fingerprint density at radius 2 is 0.938 bits per heavy atom. The first kappa shape index (κ1) is 19.1. The number of rotatable bonds is 9. The Bertz CT molecular complexity index is 87.9. The van der Waals surface area contributed by atoms with E-state index in [1.54, 1.807) is 27.4 Å². The Balaban J connectivity index is 0. The van der Waals surface area contributed by atoms with Crippen molar-refractivity contribution in [3.05, 3.63) is 5.32 Å². The molecule has 0 aliphatic carbocycles. The zero-order valence-electron chi connectivity index (χ0n) is 12.3. The molecule has 0 N–H and O–H groups in total. The molecule has 0 fully saturated rings. The van der Waals surface area contributed by atoms with Gasteiger partial charge in [0.2, 0.25) is 0 Å². The molecule has 0 radical (unpaired) electrons. The van der Waals surface area contributed by atoms with E-state index in [1.165, 1.54) is 38.5 Å². The summed E-state index contributed by atoms with van der Waals surface area (Å²) in [6.07, 6.45) is 8.85. The molecule has 0 aromatic heterocycles. The van der Waals surface area contributed by atoms with Gasteiger partial charge in [0, 0.05) is 0 Å². The van der Waals surface area contributed by atoms with Crippen LogP contribution in [0.4, 0.5) is 0 Å². The van der Waals surface area contributed by atoms with Gasteiger partial charge in [-0.15, -0.1) is 0 Å². The molecule has 0 aliphatic heterocycles. The molecule has 0 bridgehead atoms.